The molecule has 0 bridgehead atoms. The molecule has 0 atom stereocenters. The number of aliphatic hydroxyl groups excluding tert-OH is 1. The second kappa shape index (κ2) is 22.0. The van der Waals surface area contributed by atoms with Crippen LogP contribution < -0.4 is 12.4 Å². The Kier molecular flexibility index (Phi) is 23.5. The van der Waals surface area contributed by atoms with Gasteiger partial charge in [-0.05, 0) is 6.42 Å². The molecule has 0 saturated heterocycles. The van der Waals surface area contributed by atoms with E-state index in [1.54, 1.807) is 0 Å². The lowest BCUT2D eigenvalue weighted by atomic mass is 10.0. The normalized spacial score (nSPS) is 11.7. The van der Waals surface area contributed by atoms with Crippen LogP contribution in [0.25, 0.3) is 0 Å². The monoisotopic (exact) mass is 449 g/mol. The molecule has 0 spiro atoms. The average molecular weight is 450 g/mol. The molecule has 0 unspecified atom stereocenters. The molecule has 0 aliphatic carbocycles. The van der Waals surface area contributed by atoms with E-state index in [2.05, 4.69) is 6.92 Å². The van der Waals surface area contributed by atoms with Crippen LogP contribution in [-0.4, -0.2) is 54.0 Å². The fourth-order valence-corrected chi connectivity index (χ4v) is 3.82. The van der Waals surface area contributed by atoms with E-state index >= 15 is 0 Å². The van der Waals surface area contributed by atoms with Crippen molar-refractivity contribution in [3.8, 4) is 0 Å². The van der Waals surface area contributed by atoms with Gasteiger partial charge in [0.1, 0.15) is 5.78 Å². The number of ketones is 1. The van der Waals surface area contributed by atoms with Crippen molar-refractivity contribution in [3.63, 3.8) is 0 Å². The zero-order valence-corrected chi connectivity index (χ0v) is 21.1. The Morgan fingerprint density at radius 2 is 1.07 bits per heavy atom. The number of nitrogens with zero attached hydrogens (tertiary/aromatic N) is 1. The summed E-state index contributed by atoms with van der Waals surface area (Å²) in [5, 5.41) is 17.9. The van der Waals surface area contributed by atoms with E-state index in [9.17, 15) is 4.79 Å². The first-order chi connectivity index (χ1) is 13.9. The maximum absolute atomic E-state index is 12.1. The van der Waals surface area contributed by atoms with Gasteiger partial charge in [-0.2, -0.15) is 0 Å². The summed E-state index contributed by atoms with van der Waals surface area (Å²) in [6.45, 7) is 3.74. The highest BCUT2D eigenvalue weighted by molar-refractivity contribution is 5.78. The lowest BCUT2D eigenvalue weighted by molar-refractivity contribution is -0.890. The van der Waals surface area contributed by atoms with Crippen molar-refractivity contribution in [2.24, 2.45) is 0 Å². The molecule has 2 N–H and O–H groups in total. The van der Waals surface area contributed by atoms with Gasteiger partial charge in [-0.1, -0.05) is 96.8 Å². The maximum Gasteiger partial charge on any atom is 0.156 e. The second-order valence-electron chi connectivity index (χ2n) is 9.64. The third-order valence-electron chi connectivity index (χ3n) is 6.05. The minimum Gasteiger partial charge on any atom is -1.00 e. The summed E-state index contributed by atoms with van der Waals surface area (Å²) < 4.78 is 0.669. The van der Waals surface area contributed by atoms with Gasteiger partial charge < -0.3 is 27.1 Å². The van der Waals surface area contributed by atoms with Crippen LogP contribution in [0.2, 0.25) is 0 Å². The third kappa shape index (κ3) is 24.1. The highest BCUT2D eigenvalue weighted by Crippen LogP contribution is 2.14. The first kappa shape index (κ1) is 32.0. The van der Waals surface area contributed by atoms with Gasteiger partial charge in [0, 0.05) is 12.8 Å². The Labute approximate surface area is 193 Å². The molecule has 4 nitrogen and oxygen atoms in total. The second-order valence-corrected chi connectivity index (χ2v) is 9.64. The number of carbonyl (C=O) groups is 1. The molecule has 0 aromatic heterocycles. The number of unbranched alkanes of at least 4 members (excludes halogenated alkanes) is 14. The number of Topliss-reactive ketones (excluding diaryl/α,β-unsaturated/α-hetero) is 1. The maximum atomic E-state index is 12.1. The van der Waals surface area contributed by atoms with Gasteiger partial charge in [0.2, 0.25) is 0 Å². The molecule has 5 heteroatoms. The number of hydrogen-bond acceptors (Lipinski definition) is 3. The van der Waals surface area contributed by atoms with Crippen molar-refractivity contribution in [2.45, 2.75) is 129 Å². The quantitative estimate of drug-likeness (QED) is 0.152. The summed E-state index contributed by atoms with van der Waals surface area (Å²) in [4.78, 5) is 12.1. The van der Waals surface area contributed by atoms with Gasteiger partial charge in [-0.3, -0.25) is 4.79 Å². The predicted molar refractivity (Wildman–Crippen MR) is 124 cm³/mol. The van der Waals surface area contributed by atoms with Crippen molar-refractivity contribution in [1.82, 2.24) is 0 Å². The molecule has 0 fully saturated rings. The Morgan fingerprint density at radius 3 is 1.47 bits per heavy atom. The van der Waals surface area contributed by atoms with Gasteiger partial charge in [0.15, 0.2) is 6.29 Å². The SMILES string of the molecule is CCCCCCCCCCCCCCCCCC(=O)CC[N+](C)(C)CCC(O)O.[Cl-]. The predicted octanol–water partition coefficient (Wildman–Crippen LogP) is 2.99. The van der Waals surface area contributed by atoms with Gasteiger partial charge in [-0.25, -0.2) is 0 Å². The highest BCUT2D eigenvalue weighted by Gasteiger charge is 2.18. The molecule has 0 saturated carbocycles. The smallest absolute Gasteiger partial charge is 0.156 e. The topological polar surface area (TPSA) is 57.5 Å². The largest absolute Gasteiger partial charge is 1.00 e. The van der Waals surface area contributed by atoms with Crippen LogP contribution in [-0.2, 0) is 4.79 Å². The summed E-state index contributed by atoms with van der Waals surface area (Å²) >= 11 is 0. The summed E-state index contributed by atoms with van der Waals surface area (Å²) in [6, 6.07) is 0. The van der Waals surface area contributed by atoms with Crippen LogP contribution in [0.1, 0.15) is 122 Å². The molecule has 0 amide bonds. The summed E-state index contributed by atoms with van der Waals surface area (Å²) in [5.74, 6) is 0.357. The molecule has 0 aliphatic rings. The molecule has 0 rings (SSSR count). The first-order valence-corrected chi connectivity index (χ1v) is 12.6. The van der Waals surface area contributed by atoms with Crippen LogP contribution in [0.15, 0.2) is 0 Å². The highest BCUT2D eigenvalue weighted by atomic mass is 35.5. The lowest BCUT2D eigenvalue weighted by Gasteiger charge is -2.29. The van der Waals surface area contributed by atoms with Crippen LogP contribution in [0.5, 0.6) is 0 Å². The Balaban J connectivity index is 0. The van der Waals surface area contributed by atoms with E-state index in [1.807, 2.05) is 14.1 Å². The molecular weight excluding hydrogens is 398 g/mol. The van der Waals surface area contributed by atoms with E-state index < -0.39 is 6.29 Å². The van der Waals surface area contributed by atoms with E-state index in [4.69, 9.17) is 10.2 Å². The van der Waals surface area contributed by atoms with E-state index in [-0.39, 0.29) is 12.4 Å². The average Bonchev–Trinajstić information content (AvgIpc) is 2.68. The number of hydrogen-bond donors (Lipinski definition) is 2. The van der Waals surface area contributed by atoms with Crippen molar-refractivity contribution >= 4 is 5.78 Å². The fourth-order valence-electron chi connectivity index (χ4n) is 3.82. The number of quaternary nitrogens is 1. The zero-order chi connectivity index (χ0) is 21.8. The molecule has 0 aromatic carbocycles. The standard InChI is InChI=1S/C25H52NO3.ClH/c1-4-5-6-7-8-9-10-11-12-13-14-15-16-17-18-19-24(27)20-22-26(2,3)23-21-25(28)29;/h25,28-29H,4-23H2,1-3H3;1H/q+1;/p-1. The van der Waals surface area contributed by atoms with Crippen molar-refractivity contribution in [3.05, 3.63) is 0 Å². The Hall–Kier alpha value is -0.160. The van der Waals surface area contributed by atoms with Crippen molar-refractivity contribution in [2.75, 3.05) is 27.2 Å². The molecular formula is C25H52ClNO3. The molecule has 182 valence electrons. The number of aliphatic hydroxyl groups is 2. The van der Waals surface area contributed by atoms with Gasteiger partial charge >= 0.3 is 0 Å². The van der Waals surface area contributed by atoms with Crippen LogP contribution in [0.4, 0.5) is 0 Å². The Bertz CT molecular complexity index is 375. The van der Waals surface area contributed by atoms with Gasteiger partial charge in [-0.15, -0.1) is 0 Å². The van der Waals surface area contributed by atoms with E-state index in [0.717, 1.165) is 13.0 Å². The molecule has 30 heavy (non-hydrogen) atoms. The molecule has 0 radical (unpaired) electrons. The molecule has 0 aliphatic heterocycles. The summed E-state index contributed by atoms with van der Waals surface area (Å²) in [5.41, 5.74) is 0. The minimum absolute atomic E-state index is 0. The minimum atomic E-state index is -1.25. The molecule has 0 heterocycles. The van der Waals surface area contributed by atoms with Crippen molar-refractivity contribution in [1.29, 1.82) is 0 Å². The first-order valence-electron chi connectivity index (χ1n) is 12.6. The van der Waals surface area contributed by atoms with E-state index in [1.165, 1.54) is 89.9 Å². The van der Waals surface area contributed by atoms with Crippen LogP contribution in [0, 0.1) is 0 Å². The number of carbonyl (C=O) groups excluding carboxylic acids is 1. The van der Waals surface area contributed by atoms with E-state index in [0.29, 0.717) is 36.1 Å². The van der Waals surface area contributed by atoms with Gasteiger partial charge in [0.05, 0.1) is 33.6 Å². The molecule has 0 aromatic rings. The van der Waals surface area contributed by atoms with Gasteiger partial charge in [0.25, 0.3) is 0 Å². The fraction of sp³-hybridized carbons (Fsp3) is 0.960. The zero-order valence-electron chi connectivity index (χ0n) is 20.3. The summed E-state index contributed by atoms with van der Waals surface area (Å²) in [6.07, 6.45) is 20.6. The Morgan fingerprint density at radius 1 is 0.667 bits per heavy atom. The number of rotatable bonds is 22. The third-order valence-corrected chi connectivity index (χ3v) is 6.05. The lowest BCUT2D eigenvalue weighted by Crippen LogP contribution is -3.00. The van der Waals surface area contributed by atoms with Crippen LogP contribution in [0.3, 0.4) is 0 Å². The van der Waals surface area contributed by atoms with Crippen molar-refractivity contribution < 1.29 is 31.9 Å². The van der Waals surface area contributed by atoms with Crippen LogP contribution >= 0.6 is 0 Å². The number of halogens is 1. The summed E-state index contributed by atoms with van der Waals surface area (Å²) in [7, 11) is 4.09.